The Balaban J connectivity index is 1.82. The highest BCUT2D eigenvalue weighted by atomic mass is 16.4. The number of rotatable bonds is 18. The number of hydrogen-bond donors (Lipinski definition) is 8. The van der Waals surface area contributed by atoms with Gasteiger partial charge in [-0.2, -0.15) is 0 Å². The van der Waals surface area contributed by atoms with Gasteiger partial charge in [0.15, 0.2) is 0 Å². The van der Waals surface area contributed by atoms with Gasteiger partial charge < -0.3 is 42.6 Å². The Morgan fingerprint density at radius 1 is 0.750 bits per heavy atom. The Hall–Kier alpha value is -4.75. The van der Waals surface area contributed by atoms with E-state index in [1.54, 1.807) is 6.20 Å². The van der Waals surface area contributed by atoms with Crippen LogP contribution in [0.4, 0.5) is 0 Å². The molecule has 0 fully saturated rings. The van der Waals surface area contributed by atoms with Crippen molar-refractivity contribution in [2.75, 3.05) is 6.54 Å². The number of nitrogens with one attached hydrogen (secondary N) is 4. The van der Waals surface area contributed by atoms with E-state index in [0.717, 1.165) is 22.0 Å². The lowest BCUT2D eigenvalue weighted by molar-refractivity contribution is -0.143. The van der Waals surface area contributed by atoms with Gasteiger partial charge in [0.05, 0.1) is 6.04 Å². The van der Waals surface area contributed by atoms with Gasteiger partial charge in [-0.25, -0.2) is 4.79 Å². The number of aromatic amines is 1. The largest absolute Gasteiger partial charge is 0.481 e. The van der Waals surface area contributed by atoms with Crippen molar-refractivity contribution in [3.63, 3.8) is 0 Å². The van der Waals surface area contributed by atoms with Crippen molar-refractivity contribution in [2.45, 2.75) is 69.1 Å². The number of H-pyrrole nitrogens is 1. The number of amides is 3. The molecule has 4 atom stereocenters. The van der Waals surface area contributed by atoms with Gasteiger partial charge in [-0.1, -0.05) is 48.5 Å². The molecule has 1 aromatic heterocycles. The highest BCUT2D eigenvalue weighted by Gasteiger charge is 2.31. The summed E-state index contributed by atoms with van der Waals surface area (Å²) >= 11 is 0. The molecule has 0 radical (unpaired) electrons. The molecule has 0 aliphatic heterocycles. The third kappa shape index (κ3) is 10.2. The molecule has 4 unspecified atom stereocenters. The number of unbranched alkanes of at least 4 members (excludes halogenated alkanes) is 1. The van der Waals surface area contributed by atoms with Crippen LogP contribution < -0.4 is 27.4 Å². The fourth-order valence-corrected chi connectivity index (χ4v) is 4.80. The van der Waals surface area contributed by atoms with Crippen molar-refractivity contribution >= 4 is 40.6 Å². The lowest BCUT2D eigenvalue weighted by Crippen LogP contribution is -2.57. The first-order chi connectivity index (χ1) is 21.1. The molecule has 10 N–H and O–H groups in total. The molecule has 13 heteroatoms. The second-order valence-electron chi connectivity index (χ2n) is 10.6. The summed E-state index contributed by atoms with van der Waals surface area (Å²) in [4.78, 5) is 66.2. The second kappa shape index (κ2) is 16.8. The highest BCUT2D eigenvalue weighted by Crippen LogP contribution is 2.19. The molecule has 0 bridgehead atoms. The van der Waals surface area contributed by atoms with Crippen molar-refractivity contribution in [3.05, 3.63) is 71.9 Å². The molecule has 2 aromatic carbocycles. The van der Waals surface area contributed by atoms with Gasteiger partial charge in [0, 0.05) is 29.9 Å². The number of fused-ring (bicyclic) bond motifs is 1. The summed E-state index contributed by atoms with van der Waals surface area (Å²) in [5.41, 5.74) is 14.0. The standard InChI is InChI=1S/C31H40N6O7/c32-15-7-6-12-25(31(43)44)36-29(41)24(13-14-27(38)39)35-30(42)26(17-20-18-34-23-11-5-4-10-21(20)23)37-28(40)22(33)16-19-8-2-1-3-9-19/h1-5,8-11,18,22,24-26,34H,6-7,12-17,32-33H2,(H,35,42)(H,36,41)(H,37,40)(H,38,39)(H,43,44). The van der Waals surface area contributed by atoms with Gasteiger partial charge in [-0.3, -0.25) is 19.2 Å². The Morgan fingerprint density at radius 2 is 1.39 bits per heavy atom. The number of hydrogen-bond acceptors (Lipinski definition) is 7. The van der Waals surface area contributed by atoms with Gasteiger partial charge >= 0.3 is 11.9 Å². The number of carbonyl (C=O) groups excluding carboxylic acids is 3. The Bertz CT molecular complexity index is 1430. The van der Waals surface area contributed by atoms with Crippen molar-refractivity contribution in [3.8, 4) is 0 Å². The zero-order valence-electron chi connectivity index (χ0n) is 24.3. The minimum absolute atomic E-state index is 0.0315. The molecule has 0 aliphatic rings. The van der Waals surface area contributed by atoms with E-state index < -0.39 is 60.2 Å². The number of carboxylic acid groups (broad SMARTS) is 2. The van der Waals surface area contributed by atoms with Gasteiger partial charge in [0.1, 0.15) is 18.1 Å². The van der Waals surface area contributed by atoms with E-state index in [1.165, 1.54) is 0 Å². The SMILES string of the molecule is NCCCCC(NC(=O)C(CCC(=O)O)NC(=O)C(Cc1c[nH]c2ccccc12)NC(=O)C(N)Cc1ccccc1)C(=O)O. The zero-order chi connectivity index (χ0) is 32.1. The molecule has 236 valence electrons. The highest BCUT2D eigenvalue weighted by molar-refractivity contribution is 5.95. The predicted molar refractivity (Wildman–Crippen MR) is 163 cm³/mol. The first-order valence-electron chi connectivity index (χ1n) is 14.5. The quantitative estimate of drug-likeness (QED) is 0.0954. The average molecular weight is 609 g/mol. The number of para-hydroxylation sites is 1. The number of aromatic nitrogens is 1. The maximum atomic E-state index is 13.7. The molecule has 3 aromatic rings. The third-order valence-electron chi connectivity index (χ3n) is 7.21. The van der Waals surface area contributed by atoms with E-state index in [-0.39, 0.29) is 25.7 Å². The first kappa shape index (κ1) is 33.7. The summed E-state index contributed by atoms with van der Waals surface area (Å²) < 4.78 is 0. The van der Waals surface area contributed by atoms with Crippen LogP contribution in [0.25, 0.3) is 10.9 Å². The van der Waals surface area contributed by atoms with Crippen LogP contribution in [0.15, 0.2) is 60.8 Å². The van der Waals surface area contributed by atoms with E-state index in [4.69, 9.17) is 11.5 Å². The second-order valence-corrected chi connectivity index (χ2v) is 10.6. The van der Waals surface area contributed by atoms with Gasteiger partial charge in [-0.15, -0.1) is 0 Å². The summed E-state index contributed by atoms with van der Waals surface area (Å²) in [7, 11) is 0. The molecule has 13 nitrogen and oxygen atoms in total. The maximum Gasteiger partial charge on any atom is 0.326 e. The molecule has 3 rings (SSSR count). The molecule has 0 saturated heterocycles. The van der Waals surface area contributed by atoms with Crippen LogP contribution in [0, 0.1) is 0 Å². The monoisotopic (exact) mass is 608 g/mol. The van der Waals surface area contributed by atoms with E-state index in [9.17, 15) is 34.2 Å². The normalized spacial score (nSPS) is 13.8. The summed E-state index contributed by atoms with van der Waals surface area (Å²) in [5, 5.41) is 27.3. The van der Waals surface area contributed by atoms with Gasteiger partial charge in [0.2, 0.25) is 17.7 Å². The average Bonchev–Trinajstić information content (AvgIpc) is 3.41. The lowest BCUT2D eigenvalue weighted by Gasteiger charge is -2.25. The van der Waals surface area contributed by atoms with E-state index in [0.29, 0.717) is 19.4 Å². The van der Waals surface area contributed by atoms with E-state index in [1.807, 2.05) is 54.6 Å². The van der Waals surface area contributed by atoms with Crippen LogP contribution in [-0.2, 0) is 36.8 Å². The zero-order valence-corrected chi connectivity index (χ0v) is 24.3. The number of aliphatic carboxylic acids is 2. The molecule has 1 heterocycles. The minimum Gasteiger partial charge on any atom is -0.481 e. The summed E-state index contributed by atoms with van der Waals surface area (Å²) in [5.74, 6) is -4.67. The van der Waals surface area contributed by atoms with E-state index >= 15 is 0 Å². The number of benzene rings is 2. The van der Waals surface area contributed by atoms with Crippen LogP contribution in [0.1, 0.15) is 43.2 Å². The maximum absolute atomic E-state index is 13.7. The van der Waals surface area contributed by atoms with Crippen LogP contribution >= 0.6 is 0 Å². The molecule has 3 amide bonds. The number of carbonyl (C=O) groups is 5. The van der Waals surface area contributed by atoms with Crippen molar-refractivity contribution in [2.24, 2.45) is 11.5 Å². The third-order valence-corrected chi connectivity index (χ3v) is 7.21. The van der Waals surface area contributed by atoms with E-state index in [2.05, 4.69) is 20.9 Å². The molecular weight excluding hydrogens is 568 g/mol. The minimum atomic E-state index is -1.38. The Kier molecular flexibility index (Phi) is 12.9. The molecule has 0 saturated carbocycles. The smallest absolute Gasteiger partial charge is 0.326 e. The molecule has 44 heavy (non-hydrogen) atoms. The van der Waals surface area contributed by atoms with Crippen molar-refractivity contribution in [1.29, 1.82) is 0 Å². The van der Waals surface area contributed by atoms with Gasteiger partial charge in [-0.05, 0) is 55.8 Å². The predicted octanol–water partition coefficient (Wildman–Crippen LogP) is 0.813. The summed E-state index contributed by atoms with van der Waals surface area (Å²) in [6.45, 7) is 0.357. The van der Waals surface area contributed by atoms with Crippen LogP contribution in [0.3, 0.4) is 0 Å². The van der Waals surface area contributed by atoms with Crippen molar-refractivity contribution in [1.82, 2.24) is 20.9 Å². The topological polar surface area (TPSA) is 230 Å². The molecule has 0 spiro atoms. The fourth-order valence-electron chi connectivity index (χ4n) is 4.80. The summed E-state index contributed by atoms with van der Waals surface area (Å²) in [6, 6.07) is 11.7. The number of nitrogens with two attached hydrogens (primary N) is 2. The molecule has 0 aliphatic carbocycles. The summed E-state index contributed by atoms with van der Waals surface area (Å²) in [6.07, 6.45) is 2.31. The number of carboxylic acids is 2. The van der Waals surface area contributed by atoms with Crippen LogP contribution in [0.2, 0.25) is 0 Å². The lowest BCUT2D eigenvalue weighted by atomic mass is 10.0. The van der Waals surface area contributed by atoms with Crippen LogP contribution in [-0.4, -0.2) is 75.6 Å². The van der Waals surface area contributed by atoms with Crippen LogP contribution in [0.5, 0.6) is 0 Å². The Labute approximate surface area is 254 Å². The molecular formula is C31H40N6O7. The Morgan fingerprint density at radius 3 is 2.07 bits per heavy atom. The first-order valence-corrected chi connectivity index (χ1v) is 14.5. The fraction of sp³-hybridized carbons (Fsp3) is 0.387. The van der Waals surface area contributed by atoms with Gasteiger partial charge in [0.25, 0.3) is 0 Å². The van der Waals surface area contributed by atoms with Crippen molar-refractivity contribution < 1.29 is 34.2 Å².